The zero-order valence-electron chi connectivity index (χ0n) is 11.4. The molecule has 0 spiro atoms. The zero-order valence-corrected chi connectivity index (χ0v) is 11.4. The van der Waals surface area contributed by atoms with Gasteiger partial charge in [-0.2, -0.15) is 0 Å². The highest BCUT2D eigenvalue weighted by molar-refractivity contribution is 4.95. The second-order valence-electron chi connectivity index (χ2n) is 6.82. The second-order valence-corrected chi connectivity index (χ2v) is 6.82. The van der Waals surface area contributed by atoms with Crippen molar-refractivity contribution in [2.45, 2.75) is 69.9 Å². The predicted molar refractivity (Wildman–Crippen MR) is 72.2 cm³/mol. The van der Waals surface area contributed by atoms with E-state index in [-0.39, 0.29) is 0 Å². The van der Waals surface area contributed by atoms with Crippen molar-refractivity contribution in [3.8, 4) is 0 Å². The first kappa shape index (κ1) is 12.0. The highest BCUT2D eigenvalue weighted by Gasteiger charge is 2.38. The van der Waals surface area contributed by atoms with Gasteiger partial charge >= 0.3 is 0 Å². The average molecular weight is 236 g/mol. The highest BCUT2D eigenvalue weighted by Crippen LogP contribution is 2.37. The number of hydrogen-bond donors (Lipinski definition) is 1. The van der Waals surface area contributed by atoms with Gasteiger partial charge in [0.25, 0.3) is 0 Å². The normalized spacial score (nSPS) is 43.6. The second kappa shape index (κ2) is 4.89. The molecule has 3 aliphatic rings. The summed E-state index contributed by atoms with van der Waals surface area (Å²) in [7, 11) is 0. The summed E-state index contributed by atoms with van der Waals surface area (Å²) < 4.78 is 0. The predicted octanol–water partition coefficient (Wildman–Crippen LogP) is 2.78. The van der Waals surface area contributed by atoms with Crippen molar-refractivity contribution in [2.75, 3.05) is 19.6 Å². The van der Waals surface area contributed by atoms with Crippen LogP contribution in [0, 0.1) is 5.92 Å². The average Bonchev–Trinajstić information content (AvgIpc) is 2.79. The van der Waals surface area contributed by atoms with Gasteiger partial charge < -0.3 is 5.32 Å². The summed E-state index contributed by atoms with van der Waals surface area (Å²) in [4.78, 5) is 2.83. The van der Waals surface area contributed by atoms with Gasteiger partial charge in [0.1, 0.15) is 0 Å². The highest BCUT2D eigenvalue weighted by atomic mass is 15.2. The van der Waals surface area contributed by atoms with E-state index >= 15 is 0 Å². The maximum Gasteiger partial charge on any atom is 0.0280 e. The van der Waals surface area contributed by atoms with E-state index in [9.17, 15) is 0 Å². The van der Waals surface area contributed by atoms with E-state index < -0.39 is 0 Å². The van der Waals surface area contributed by atoms with Crippen LogP contribution in [0.15, 0.2) is 0 Å². The molecule has 3 rings (SSSR count). The van der Waals surface area contributed by atoms with E-state index in [1.54, 1.807) is 0 Å². The lowest BCUT2D eigenvalue weighted by Gasteiger charge is -2.45. The molecule has 3 atom stereocenters. The SMILES string of the molecule is CC1(CN2CCCC3CCCC32)CCCCN1. The molecule has 2 nitrogen and oxygen atoms in total. The van der Waals surface area contributed by atoms with Crippen LogP contribution in [0.25, 0.3) is 0 Å². The first-order valence-corrected chi connectivity index (χ1v) is 7.76. The minimum atomic E-state index is 0.405. The molecule has 98 valence electrons. The number of nitrogens with zero attached hydrogens (tertiary/aromatic N) is 1. The number of nitrogens with one attached hydrogen (secondary N) is 1. The fraction of sp³-hybridized carbons (Fsp3) is 1.00. The van der Waals surface area contributed by atoms with Gasteiger partial charge in [-0.1, -0.05) is 12.8 Å². The Hall–Kier alpha value is -0.0800. The van der Waals surface area contributed by atoms with Crippen LogP contribution in [-0.4, -0.2) is 36.1 Å². The molecule has 0 radical (unpaired) electrons. The molecule has 1 saturated carbocycles. The maximum absolute atomic E-state index is 3.78. The third-order valence-corrected chi connectivity index (χ3v) is 5.37. The minimum Gasteiger partial charge on any atom is -0.310 e. The molecule has 2 heterocycles. The fourth-order valence-electron chi connectivity index (χ4n) is 4.46. The third-order valence-electron chi connectivity index (χ3n) is 5.37. The Morgan fingerprint density at radius 2 is 2.00 bits per heavy atom. The maximum atomic E-state index is 3.78. The van der Waals surface area contributed by atoms with E-state index in [2.05, 4.69) is 17.1 Å². The summed E-state index contributed by atoms with van der Waals surface area (Å²) in [6.07, 6.45) is 11.6. The van der Waals surface area contributed by atoms with Gasteiger partial charge in [0.15, 0.2) is 0 Å². The molecule has 2 saturated heterocycles. The number of hydrogen-bond acceptors (Lipinski definition) is 2. The van der Waals surface area contributed by atoms with E-state index in [0.717, 1.165) is 12.0 Å². The molecule has 0 bridgehead atoms. The number of fused-ring (bicyclic) bond motifs is 1. The molecular weight excluding hydrogens is 208 g/mol. The number of rotatable bonds is 2. The fourth-order valence-corrected chi connectivity index (χ4v) is 4.46. The Kier molecular flexibility index (Phi) is 3.45. The van der Waals surface area contributed by atoms with Crippen LogP contribution in [0.4, 0.5) is 0 Å². The lowest BCUT2D eigenvalue weighted by Crippen LogP contribution is -2.57. The Bertz CT molecular complexity index is 258. The molecule has 0 aromatic rings. The van der Waals surface area contributed by atoms with Crippen molar-refractivity contribution in [1.29, 1.82) is 0 Å². The summed E-state index contributed by atoms with van der Waals surface area (Å²) in [5, 5.41) is 3.78. The lowest BCUT2D eigenvalue weighted by molar-refractivity contribution is 0.0713. The van der Waals surface area contributed by atoms with Gasteiger partial charge in [-0.25, -0.2) is 0 Å². The monoisotopic (exact) mass is 236 g/mol. The largest absolute Gasteiger partial charge is 0.310 e. The summed E-state index contributed by atoms with van der Waals surface area (Å²) in [6, 6.07) is 0.935. The first-order chi connectivity index (χ1) is 8.27. The van der Waals surface area contributed by atoms with Gasteiger partial charge in [-0.15, -0.1) is 0 Å². The molecule has 1 aliphatic carbocycles. The van der Waals surface area contributed by atoms with Crippen molar-refractivity contribution < 1.29 is 0 Å². The van der Waals surface area contributed by atoms with Crippen LogP contribution < -0.4 is 5.32 Å². The van der Waals surface area contributed by atoms with Crippen molar-refractivity contribution in [3.05, 3.63) is 0 Å². The molecule has 2 heteroatoms. The minimum absolute atomic E-state index is 0.405. The standard InChI is InChI=1S/C15H28N2/c1-15(9-2-3-10-16-15)12-17-11-5-7-13-6-4-8-14(13)17/h13-14,16H,2-12H2,1H3. The van der Waals surface area contributed by atoms with Crippen molar-refractivity contribution in [2.24, 2.45) is 5.92 Å². The Morgan fingerprint density at radius 1 is 1.12 bits per heavy atom. The quantitative estimate of drug-likeness (QED) is 0.793. The summed E-state index contributed by atoms with van der Waals surface area (Å²) in [6.45, 7) is 6.34. The lowest BCUT2D eigenvalue weighted by atomic mass is 9.86. The molecule has 1 N–H and O–H groups in total. The van der Waals surface area contributed by atoms with Crippen LogP contribution in [0.2, 0.25) is 0 Å². The van der Waals surface area contributed by atoms with E-state index in [0.29, 0.717) is 5.54 Å². The Labute approximate surface area is 106 Å². The summed E-state index contributed by atoms with van der Waals surface area (Å²) >= 11 is 0. The molecule has 0 aromatic heterocycles. The van der Waals surface area contributed by atoms with Gasteiger partial charge in [0, 0.05) is 18.1 Å². The molecule has 3 fully saturated rings. The van der Waals surface area contributed by atoms with Gasteiger partial charge in [0.05, 0.1) is 0 Å². The van der Waals surface area contributed by atoms with Crippen LogP contribution >= 0.6 is 0 Å². The van der Waals surface area contributed by atoms with E-state index in [1.165, 1.54) is 71.0 Å². The molecule has 3 unspecified atom stereocenters. The third kappa shape index (κ3) is 2.53. The number of likely N-dealkylation sites (tertiary alicyclic amines) is 1. The zero-order chi connectivity index (χ0) is 11.7. The molecular formula is C15H28N2. The molecule has 0 aromatic carbocycles. The van der Waals surface area contributed by atoms with Crippen molar-refractivity contribution in [1.82, 2.24) is 10.2 Å². The summed E-state index contributed by atoms with van der Waals surface area (Å²) in [5.74, 6) is 1.04. The molecule has 0 amide bonds. The van der Waals surface area contributed by atoms with Crippen molar-refractivity contribution in [3.63, 3.8) is 0 Å². The van der Waals surface area contributed by atoms with E-state index in [1.807, 2.05) is 0 Å². The van der Waals surface area contributed by atoms with Crippen LogP contribution in [0.3, 0.4) is 0 Å². The van der Waals surface area contributed by atoms with Crippen LogP contribution in [-0.2, 0) is 0 Å². The van der Waals surface area contributed by atoms with Crippen LogP contribution in [0.1, 0.15) is 58.3 Å². The summed E-state index contributed by atoms with van der Waals surface area (Å²) in [5.41, 5.74) is 0.405. The first-order valence-electron chi connectivity index (χ1n) is 7.76. The number of piperidine rings is 2. The van der Waals surface area contributed by atoms with Gasteiger partial charge in [-0.3, -0.25) is 4.90 Å². The topological polar surface area (TPSA) is 15.3 Å². The van der Waals surface area contributed by atoms with Gasteiger partial charge in [-0.05, 0) is 64.5 Å². The molecule has 2 aliphatic heterocycles. The Morgan fingerprint density at radius 3 is 2.82 bits per heavy atom. The van der Waals surface area contributed by atoms with Crippen LogP contribution in [0.5, 0.6) is 0 Å². The molecule has 17 heavy (non-hydrogen) atoms. The van der Waals surface area contributed by atoms with Gasteiger partial charge in [0.2, 0.25) is 0 Å². The smallest absolute Gasteiger partial charge is 0.0280 e. The van der Waals surface area contributed by atoms with Crippen molar-refractivity contribution >= 4 is 0 Å². The Balaban J connectivity index is 1.63. The van der Waals surface area contributed by atoms with E-state index in [4.69, 9.17) is 0 Å².